The summed E-state index contributed by atoms with van der Waals surface area (Å²) in [5.41, 5.74) is 2.69. The summed E-state index contributed by atoms with van der Waals surface area (Å²) in [7, 11) is 3.12. The second-order valence-corrected chi connectivity index (χ2v) is 8.27. The summed E-state index contributed by atoms with van der Waals surface area (Å²) in [5.74, 6) is 0.898. The molecule has 1 saturated heterocycles. The molecule has 1 aliphatic rings. The highest BCUT2D eigenvalue weighted by atomic mass is 35.5. The lowest BCUT2D eigenvalue weighted by Crippen LogP contribution is -2.50. The lowest BCUT2D eigenvalue weighted by Gasteiger charge is -2.35. The smallest absolute Gasteiger partial charge is 0.257 e. The molecule has 3 aromatic rings. The molecule has 7 nitrogen and oxygen atoms in total. The molecule has 4 rings (SSSR count). The second kappa shape index (κ2) is 9.58. The first-order valence-corrected chi connectivity index (χ1v) is 11.0. The lowest BCUT2D eigenvalue weighted by molar-refractivity contribution is 0.0533. The van der Waals surface area contributed by atoms with E-state index in [9.17, 15) is 9.59 Å². The van der Waals surface area contributed by atoms with E-state index in [4.69, 9.17) is 21.1 Å². The first-order chi connectivity index (χ1) is 15.9. The standard InChI is InChI=1S/C25H26ClN3O4/c1-17-6-7-18(14-22(17)32-2)24(30)28-10-12-29(13-11-28)25(31)19-15-20(26)21(16-23(19)33-3)27-8-4-5-9-27/h4-9,14-16H,10-13H2,1-3H3. The molecule has 33 heavy (non-hydrogen) atoms. The number of piperazine rings is 1. The molecule has 0 spiro atoms. The summed E-state index contributed by atoms with van der Waals surface area (Å²) >= 11 is 6.49. The number of halogens is 1. The van der Waals surface area contributed by atoms with Gasteiger partial charge in [-0.1, -0.05) is 17.7 Å². The third-order valence-electron chi connectivity index (χ3n) is 5.89. The van der Waals surface area contributed by atoms with Crippen LogP contribution in [0.15, 0.2) is 54.9 Å². The number of aromatic nitrogens is 1. The average molecular weight is 468 g/mol. The number of ether oxygens (including phenoxy) is 2. The van der Waals surface area contributed by atoms with Gasteiger partial charge in [-0.15, -0.1) is 0 Å². The SMILES string of the molecule is COc1cc(C(=O)N2CCN(C(=O)c3cc(Cl)c(-n4cccc4)cc3OC)CC2)ccc1C. The van der Waals surface area contributed by atoms with Crippen molar-refractivity contribution in [1.82, 2.24) is 14.4 Å². The lowest BCUT2D eigenvalue weighted by atomic mass is 10.1. The minimum Gasteiger partial charge on any atom is -0.496 e. The predicted octanol–water partition coefficient (Wildman–Crippen LogP) is 4.05. The van der Waals surface area contributed by atoms with Crippen molar-refractivity contribution in [1.29, 1.82) is 0 Å². The Morgan fingerprint density at radius 3 is 2.06 bits per heavy atom. The highest BCUT2D eigenvalue weighted by Gasteiger charge is 2.28. The number of benzene rings is 2. The number of amides is 2. The highest BCUT2D eigenvalue weighted by molar-refractivity contribution is 6.33. The van der Waals surface area contributed by atoms with Crippen LogP contribution >= 0.6 is 11.6 Å². The summed E-state index contributed by atoms with van der Waals surface area (Å²) in [4.78, 5) is 29.7. The Balaban J connectivity index is 1.47. The molecule has 0 aliphatic carbocycles. The molecule has 0 atom stereocenters. The van der Waals surface area contributed by atoms with E-state index in [2.05, 4.69) is 0 Å². The van der Waals surface area contributed by atoms with Crippen LogP contribution < -0.4 is 9.47 Å². The number of carbonyl (C=O) groups excluding carboxylic acids is 2. The summed E-state index contributed by atoms with van der Waals surface area (Å²) < 4.78 is 12.7. The third kappa shape index (κ3) is 4.54. The molecule has 2 amide bonds. The van der Waals surface area contributed by atoms with Crippen LogP contribution in [0.4, 0.5) is 0 Å². The van der Waals surface area contributed by atoms with E-state index in [0.29, 0.717) is 53.8 Å². The first-order valence-electron chi connectivity index (χ1n) is 10.7. The van der Waals surface area contributed by atoms with Crippen LogP contribution in [0.25, 0.3) is 5.69 Å². The van der Waals surface area contributed by atoms with Gasteiger partial charge in [0.05, 0.1) is 30.5 Å². The summed E-state index contributed by atoms with van der Waals surface area (Å²) in [5, 5.41) is 0.456. The van der Waals surface area contributed by atoms with Gasteiger partial charge in [0.25, 0.3) is 11.8 Å². The molecule has 0 bridgehead atoms. The Morgan fingerprint density at radius 1 is 0.848 bits per heavy atom. The van der Waals surface area contributed by atoms with Gasteiger partial charge >= 0.3 is 0 Å². The van der Waals surface area contributed by atoms with Gasteiger partial charge in [-0.25, -0.2) is 0 Å². The molecule has 2 heterocycles. The van der Waals surface area contributed by atoms with E-state index in [0.717, 1.165) is 11.3 Å². The van der Waals surface area contributed by atoms with Crippen LogP contribution in [-0.2, 0) is 0 Å². The number of rotatable bonds is 5. The van der Waals surface area contributed by atoms with Crippen molar-refractivity contribution < 1.29 is 19.1 Å². The normalized spacial score (nSPS) is 13.7. The van der Waals surface area contributed by atoms with Crippen LogP contribution in [0.5, 0.6) is 11.5 Å². The van der Waals surface area contributed by atoms with Crippen LogP contribution in [0.1, 0.15) is 26.3 Å². The van der Waals surface area contributed by atoms with E-state index < -0.39 is 0 Å². The van der Waals surface area contributed by atoms with Crippen molar-refractivity contribution in [3.8, 4) is 17.2 Å². The molecule has 0 radical (unpaired) electrons. The molecule has 2 aromatic carbocycles. The molecule has 0 unspecified atom stereocenters. The molecule has 0 saturated carbocycles. The van der Waals surface area contributed by atoms with Crippen molar-refractivity contribution >= 4 is 23.4 Å². The maximum atomic E-state index is 13.3. The molecular weight excluding hydrogens is 442 g/mol. The fourth-order valence-electron chi connectivity index (χ4n) is 3.99. The zero-order valence-corrected chi connectivity index (χ0v) is 19.6. The Labute approximate surface area is 198 Å². The molecule has 1 aromatic heterocycles. The van der Waals surface area contributed by atoms with Crippen LogP contribution in [0.3, 0.4) is 0 Å². The molecule has 0 N–H and O–H groups in total. The summed E-state index contributed by atoms with van der Waals surface area (Å²) in [6, 6.07) is 12.6. The second-order valence-electron chi connectivity index (χ2n) is 7.86. The highest BCUT2D eigenvalue weighted by Crippen LogP contribution is 2.31. The van der Waals surface area contributed by atoms with E-state index in [1.807, 2.05) is 42.1 Å². The Kier molecular flexibility index (Phi) is 6.60. The van der Waals surface area contributed by atoms with Crippen molar-refractivity contribution in [2.45, 2.75) is 6.92 Å². The zero-order chi connectivity index (χ0) is 23.5. The fourth-order valence-corrected chi connectivity index (χ4v) is 4.25. The van der Waals surface area contributed by atoms with E-state index in [1.54, 1.807) is 41.2 Å². The van der Waals surface area contributed by atoms with Crippen LogP contribution in [-0.4, -0.2) is 66.6 Å². The Bertz CT molecular complexity index is 1170. The Hall–Kier alpha value is -3.45. The molecule has 1 aliphatic heterocycles. The minimum absolute atomic E-state index is 0.0721. The van der Waals surface area contributed by atoms with E-state index >= 15 is 0 Å². The molecular formula is C25H26ClN3O4. The fraction of sp³-hybridized carbons (Fsp3) is 0.280. The van der Waals surface area contributed by atoms with E-state index in [-0.39, 0.29) is 11.8 Å². The van der Waals surface area contributed by atoms with Gasteiger partial charge in [0.15, 0.2) is 0 Å². The van der Waals surface area contributed by atoms with Gasteiger partial charge in [0.1, 0.15) is 11.5 Å². The maximum absolute atomic E-state index is 13.3. The Morgan fingerprint density at radius 2 is 1.45 bits per heavy atom. The van der Waals surface area contributed by atoms with E-state index in [1.165, 1.54) is 7.11 Å². The van der Waals surface area contributed by atoms with Crippen LogP contribution in [0, 0.1) is 6.92 Å². The van der Waals surface area contributed by atoms with Gasteiger partial charge in [-0.2, -0.15) is 0 Å². The number of hydrogen-bond acceptors (Lipinski definition) is 4. The number of methoxy groups -OCH3 is 2. The predicted molar refractivity (Wildman–Crippen MR) is 127 cm³/mol. The number of hydrogen-bond donors (Lipinski definition) is 0. The quantitative estimate of drug-likeness (QED) is 0.567. The first kappa shape index (κ1) is 22.7. The van der Waals surface area contributed by atoms with Gasteiger partial charge in [0.2, 0.25) is 0 Å². The largest absolute Gasteiger partial charge is 0.496 e. The van der Waals surface area contributed by atoms with Crippen molar-refractivity contribution in [3.63, 3.8) is 0 Å². The summed E-state index contributed by atoms with van der Waals surface area (Å²) in [6.07, 6.45) is 3.75. The minimum atomic E-state index is -0.170. The summed E-state index contributed by atoms with van der Waals surface area (Å²) in [6.45, 7) is 3.67. The zero-order valence-electron chi connectivity index (χ0n) is 18.9. The van der Waals surface area contributed by atoms with Crippen LogP contribution in [0.2, 0.25) is 5.02 Å². The van der Waals surface area contributed by atoms with Gasteiger partial charge < -0.3 is 23.8 Å². The van der Waals surface area contributed by atoms with Crippen molar-refractivity contribution in [3.05, 3.63) is 76.6 Å². The van der Waals surface area contributed by atoms with Gasteiger partial charge in [-0.3, -0.25) is 9.59 Å². The van der Waals surface area contributed by atoms with Gasteiger partial charge in [-0.05, 0) is 42.8 Å². The monoisotopic (exact) mass is 467 g/mol. The topological polar surface area (TPSA) is 64.0 Å². The molecule has 172 valence electrons. The molecule has 8 heteroatoms. The third-order valence-corrected chi connectivity index (χ3v) is 6.19. The average Bonchev–Trinajstić information content (AvgIpc) is 3.38. The maximum Gasteiger partial charge on any atom is 0.257 e. The number of nitrogens with zero attached hydrogens (tertiary/aromatic N) is 3. The number of aryl methyl sites for hydroxylation is 1. The van der Waals surface area contributed by atoms with Crippen molar-refractivity contribution in [2.24, 2.45) is 0 Å². The number of carbonyl (C=O) groups is 2. The van der Waals surface area contributed by atoms with Crippen molar-refractivity contribution in [2.75, 3.05) is 40.4 Å². The molecule has 1 fully saturated rings. The van der Waals surface area contributed by atoms with Gasteiger partial charge in [0, 0.05) is 50.2 Å².